The maximum absolute atomic E-state index is 12.4. The fraction of sp³-hybridized carbons (Fsp3) is 0.467. The average molecular weight is 410 g/mol. The maximum atomic E-state index is 12.4. The molecule has 27 heavy (non-hydrogen) atoms. The Morgan fingerprint density at radius 2 is 2.07 bits per heavy atom. The molecule has 12 heteroatoms. The average Bonchev–Trinajstić information content (AvgIpc) is 3.35. The van der Waals surface area contributed by atoms with Gasteiger partial charge in [-0.25, -0.2) is 4.79 Å². The quantitative estimate of drug-likeness (QED) is 0.379. The van der Waals surface area contributed by atoms with Gasteiger partial charge in [-0.2, -0.15) is 0 Å². The molecule has 144 valence electrons. The summed E-state index contributed by atoms with van der Waals surface area (Å²) in [5.74, 6) is -0.799. The number of carbonyl (C=O) groups excluding carboxylic acids is 2. The standard InChI is InChI=1S/C15H18N6O4S2/c1-3-9(23)21(7-4-5-7)14-18-19-15(27-14)26-6-8(22)10-11(16)20(2)13(25)17-12(10)24/h7H,3-6,16H2,1-2H3,(H,17,24,25). The molecule has 0 unspecified atom stereocenters. The van der Waals surface area contributed by atoms with E-state index in [0.29, 0.717) is 15.9 Å². The summed E-state index contributed by atoms with van der Waals surface area (Å²) in [4.78, 5) is 51.6. The SMILES string of the molecule is CCC(=O)N(c1nnc(SCC(=O)c2c(N)n(C)c(=O)[nH]c2=O)s1)C1CC1. The van der Waals surface area contributed by atoms with Crippen molar-refractivity contribution in [1.29, 1.82) is 0 Å². The van der Waals surface area contributed by atoms with Crippen molar-refractivity contribution in [1.82, 2.24) is 19.7 Å². The summed E-state index contributed by atoms with van der Waals surface area (Å²) in [6.45, 7) is 1.79. The van der Waals surface area contributed by atoms with Gasteiger partial charge in [-0.15, -0.1) is 10.2 Å². The normalized spacial score (nSPS) is 13.6. The van der Waals surface area contributed by atoms with Gasteiger partial charge < -0.3 is 5.73 Å². The first kappa shape index (κ1) is 19.3. The molecule has 10 nitrogen and oxygen atoms in total. The number of rotatable bonds is 7. The van der Waals surface area contributed by atoms with Gasteiger partial charge in [-0.3, -0.25) is 28.8 Å². The number of nitrogens with one attached hydrogen (secondary N) is 1. The summed E-state index contributed by atoms with van der Waals surface area (Å²) >= 11 is 2.33. The minimum atomic E-state index is -0.812. The van der Waals surface area contributed by atoms with Gasteiger partial charge in [0, 0.05) is 19.5 Å². The fourth-order valence-corrected chi connectivity index (χ4v) is 4.24. The lowest BCUT2D eigenvalue weighted by molar-refractivity contribution is -0.118. The molecule has 0 aliphatic heterocycles. The van der Waals surface area contributed by atoms with Gasteiger partial charge in [0.25, 0.3) is 5.56 Å². The second kappa shape index (κ2) is 7.64. The second-order valence-electron chi connectivity index (χ2n) is 5.99. The zero-order chi connectivity index (χ0) is 19.7. The molecule has 3 N–H and O–H groups in total. The summed E-state index contributed by atoms with van der Waals surface area (Å²) in [5.41, 5.74) is 3.98. The monoisotopic (exact) mass is 410 g/mol. The van der Waals surface area contributed by atoms with Crippen LogP contribution in [0.25, 0.3) is 0 Å². The fourth-order valence-electron chi connectivity index (χ4n) is 2.43. The van der Waals surface area contributed by atoms with Crippen LogP contribution >= 0.6 is 23.1 Å². The van der Waals surface area contributed by atoms with Crippen molar-refractivity contribution in [3.05, 3.63) is 26.4 Å². The van der Waals surface area contributed by atoms with Gasteiger partial charge in [0.15, 0.2) is 10.1 Å². The van der Waals surface area contributed by atoms with Crippen molar-refractivity contribution >= 4 is 45.7 Å². The third-order valence-corrected chi connectivity index (χ3v) is 6.12. The van der Waals surface area contributed by atoms with Crippen LogP contribution in [0.1, 0.15) is 36.5 Å². The molecule has 1 aliphatic rings. The highest BCUT2D eigenvalue weighted by atomic mass is 32.2. The van der Waals surface area contributed by atoms with Gasteiger partial charge in [0.05, 0.1) is 5.75 Å². The Bertz CT molecular complexity index is 1010. The third-order valence-electron chi connectivity index (χ3n) is 4.06. The number of hydrogen-bond donors (Lipinski definition) is 2. The Morgan fingerprint density at radius 1 is 1.37 bits per heavy atom. The molecule has 0 atom stereocenters. The Morgan fingerprint density at radius 3 is 2.70 bits per heavy atom. The summed E-state index contributed by atoms with van der Waals surface area (Å²) < 4.78 is 1.51. The second-order valence-corrected chi connectivity index (χ2v) is 8.17. The summed E-state index contributed by atoms with van der Waals surface area (Å²) in [5, 5.41) is 8.59. The van der Waals surface area contributed by atoms with E-state index in [4.69, 9.17) is 5.73 Å². The zero-order valence-electron chi connectivity index (χ0n) is 14.7. The van der Waals surface area contributed by atoms with Crippen molar-refractivity contribution in [2.75, 3.05) is 16.4 Å². The molecule has 0 aromatic carbocycles. The van der Waals surface area contributed by atoms with Crippen LogP contribution in [0.15, 0.2) is 13.9 Å². The van der Waals surface area contributed by atoms with Crippen molar-refractivity contribution < 1.29 is 9.59 Å². The van der Waals surface area contributed by atoms with Gasteiger partial charge in [-0.1, -0.05) is 30.0 Å². The van der Waals surface area contributed by atoms with Gasteiger partial charge >= 0.3 is 5.69 Å². The zero-order valence-corrected chi connectivity index (χ0v) is 16.4. The molecular weight excluding hydrogens is 392 g/mol. The van der Waals surface area contributed by atoms with Crippen LogP contribution in [0, 0.1) is 0 Å². The minimum Gasteiger partial charge on any atom is -0.384 e. The van der Waals surface area contributed by atoms with E-state index in [0.717, 1.165) is 29.2 Å². The first-order chi connectivity index (χ1) is 12.8. The predicted octanol–water partition coefficient (Wildman–Crippen LogP) is 0.388. The number of aromatic amines is 1. The maximum Gasteiger partial charge on any atom is 0.329 e. The Hall–Kier alpha value is -2.47. The van der Waals surface area contributed by atoms with E-state index in [2.05, 4.69) is 15.2 Å². The number of nitrogens with two attached hydrogens (primary N) is 1. The van der Waals surface area contributed by atoms with Gasteiger partial charge in [0.2, 0.25) is 11.0 Å². The first-order valence-corrected chi connectivity index (χ1v) is 10.0. The van der Waals surface area contributed by atoms with Crippen LogP contribution < -0.4 is 21.9 Å². The lowest BCUT2D eigenvalue weighted by Crippen LogP contribution is -2.35. The smallest absolute Gasteiger partial charge is 0.329 e. The number of anilines is 2. The number of thioether (sulfide) groups is 1. The van der Waals surface area contributed by atoms with E-state index in [-0.39, 0.29) is 29.1 Å². The van der Waals surface area contributed by atoms with Crippen molar-refractivity contribution in [2.24, 2.45) is 7.05 Å². The minimum absolute atomic E-state index is 0.00853. The predicted molar refractivity (Wildman–Crippen MR) is 102 cm³/mol. The molecular formula is C15H18N6O4S2. The van der Waals surface area contributed by atoms with Crippen molar-refractivity contribution in [3.63, 3.8) is 0 Å². The first-order valence-electron chi connectivity index (χ1n) is 8.23. The van der Waals surface area contributed by atoms with Crippen molar-refractivity contribution in [3.8, 4) is 0 Å². The van der Waals surface area contributed by atoms with Crippen LogP contribution in [-0.4, -0.2) is 43.2 Å². The number of carbonyl (C=O) groups is 2. The van der Waals surface area contributed by atoms with Crippen molar-refractivity contribution in [2.45, 2.75) is 36.6 Å². The van der Waals surface area contributed by atoms with Gasteiger partial charge in [-0.05, 0) is 12.8 Å². The highest BCUT2D eigenvalue weighted by Crippen LogP contribution is 2.36. The highest BCUT2D eigenvalue weighted by Gasteiger charge is 2.35. The number of nitrogens with zero attached hydrogens (tertiary/aromatic N) is 4. The van der Waals surface area contributed by atoms with E-state index in [9.17, 15) is 19.2 Å². The molecule has 0 bridgehead atoms. The number of amides is 1. The lowest BCUT2D eigenvalue weighted by Gasteiger charge is -2.17. The van der Waals surface area contributed by atoms with E-state index in [1.54, 1.807) is 11.8 Å². The Kier molecular flexibility index (Phi) is 5.46. The molecule has 1 amide bonds. The van der Waals surface area contributed by atoms with E-state index < -0.39 is 17.0 Å². The van der Waals surface area contributed by atoms with E-state index in [1.165, 1.54) is 18.4 Å². The molecule has 2 aromatic rings. The van der Waals surface area contributed by atoms with Crippen LogP contribution in [0.2, 0.25) is 0 Å². The Labute approximate surface area is 161 Å². The molecule has 0 spiro atoms. The van der Waals surface area contributed by atoms with Crippen LogP contribution in [0.5, 0.6) is 0 Å². The Balaban J connectivity index is 1.73. The van der Waals surface area contributed by atoms with E-state index >= 15 is 0 Å². The third kappa shape index (κ3) is 3.95. The number of nitrogen functional groups attached to an aromatic ring is 1. The lowest BCUT2D eigenvalue weighted by atomic mass is 10.2. The molecule has 2 aromatic heterocycles. The molecule has 0 radical (unpaired) electrons. The highest BCUT2D eigenvalue weighted by molar-refractivity contribution is 8.01. The van der Waals surface area contributed by atoms with E-state index in [1.807, 2.05) is 0 Å². The number of H-pyrrole nitrogens is 1. The number of aromatic nitrogens is 4. The largest absolute Gasteiger partial charge is 0.384 e. The molecule has 1 saturated carbocycles. The summed E-state index contributed by atoms with van der Waals surface area (Å²) in [6, 6.07) is 0.175. The molecule has 0 saturated heterocycles. The number of Topliss-reactive ketones (excluding diaryl/α,β-unsaturated/α-hetero) is 1. The summed E-state index contributed by atoms with van der Waals surface area (Å²) in [7, 11) is 1.37. The molecule has 1 fully saturated rings. The topological polar surface area (TPSA) is 144 Å². The van der Waals surface area contributed by atoms with Crippen LogP contribution in [-0.2, 0) is 11.8 Å². The van der Waals surface area contributed by atoms with Crippen LogP contribution in [0.3, 0.4) is 0 Å². The van der Waals surface area contributed by atoms with Crippen LogP contribution in [0.4, 0.5) is 10.9 Å². The molecule has 3 rings (SSSR count). The number of hydrogen-bond acceptors (Lipinski definition) is 9. The van der Waals surface area contributed by atoms with Gasteiger partial charge in [0.1, 0.15) is 11.4 Å². The number of ketones is 1. The summed E-state index contributed by atoms with van der Waals surface area (Å²) in [6.07, 6.45) is 2.27. The molecule has 2 heterocycles. The molecule has 1 aliphatic carbocycles.